The van der Waals surface area contributed by atoms with Crippen molar-refractivity contribution in [2.75, 3.05) is 33.7 Å². The van der Waals surface area contributed by atoms with Crippen LogP contribution in [0.1, 0.15) is 43.7 Å². The largest absolute Gasteiger partial charge is 0.354 e. The van der Waals surface area contributed by atoms with Gasteiger partial charge in [0.2, 0.25) is 5.91 Å². The Kier molecular flexibility index (Phi) is 6.85. The molecule has 138 valence electrons. The van der Waals surface area contributed by atoms with Crippen LogP contribution in [0.3, 0.4) is 0 Å². The molecule has 0 radical (unpaired) electrons. The summed E-state index contributed by atoms with van der Waals surface area (Å²) in [7, 11) is 3.54. The van der Waals surface area contributed by atoms with Crippen molar-refractivity contribution in [1.82, 2.24) is 15.1 Å². The number of aliphatic imine (C=N–C) groups is 1. The maximum absolute atomic E-state index is 11.9. The molecule has 0 spiro atoms. The molecule has 0 saturated carbocycles. The predicted molar refractivity (Wildman–Crippen MR) is 104 cm³/mol. The van der Waals surface area contributed by atoms with Crippen LogP contribution >= 0.6 is 0 Å². The predicted octanol–water partition coefficient (Wildman–Crippen LogP) is 2.62. The molecule has 0 aromatic heterocycles. The van der Waals surface area contributed by atoms with Crippen molar-refractivity contribution in [2.45, 2.75) is 45.6 Å². The van der Waals surface area contributed by atoms with Crippen LogP contribution in [0.15, 0.2) is 29.3 Å². The van der Waals surface area contributed by atoms with Crippen molar-refractivity contribution in [1.29, 1.82) is 0 Å². The first-order valence-electron chi connectivity index (χ1n) is 9.24. The summed E-state index contributed by atoms with van der Waals surface area (Å²) in [5.74, 6) is 1.41. The Morgan fingerprint density at radius 3 is 2.76 bits per heavy atom. The zero-order valence-corrected chi connectivity index (χ0v) is 16.2. The molecule has 1 aromatic rings. The van der Waals surface area contributed by atoms with Crippen LogP contribution in [0.2, 0.25) is 0 Å². The summed E-state index contributed by atoms with van der Waals surface area (Å²) in [4.78, 5) is 20.4. The average Bonchev–Trinajstić information content (AvgIpc) is 3.07. The molecule has 2 unspecified atom stereocenters. The normalized spacial score (nSPS) is 19.0. The number of aryl methyl sites for hydroxylation is 1. The molecule has 1 aliphatic heterocycles. The molecule has 0 bridgehead atoms. The van der Waals surface area contributed by atoms with Crippen molar-refractivity contribution in [3.63, 3.8) is 0 Å². The number of nitrogens with zero attached hydrogens (tertiary/aromatic N) is 3. The molecule has 5 heteroatoms. The minimum Gasteiger partial charge on any atom is -0.354 e. The molecule has 1 aliphatic rings. The third kappa shape index (κ3) is 5.21. The topological polar surface area (TPSA) is 47.9 Å². The molecule has 2 atom stereocenters. The Morgan fingerprint density at radius 1 is 1.40 bits per heavy atom. The van der Waals surface area contributed by atoms with E-state index in [2.05, 4.69) is 60.2 Å². The summed E-state index contributed by atoms with van der Waals surface area (Å²) >= 11 is 0. The molecule has 5 nitrogen and oxygen atoms in total. The van der Waals surface area contributed by atoms with Crippen LogP contribution < -0.4 is 5.32 Å². The van der Waals surface area contributed by atoms with E-state index in [9.17, 15) is 4.79 Å². The van der Waals surface area contributed by atoms with Crippen LogP contribution in [0.25, 0.3) is 0 Å². The number of guanidine groups is 1. The summed E-state index contributed by atoms with van der Waals surface area (Å²) < 4.78 is 0. The summed E-state index contributed by atoms with van der Waals surface area (Å²) in [6.45, 7) is 8.59. The second-order valence-electron chi connectivity index (χ2n) is 7.17. The van der Waals surface area contributed by atoms with E-state index in [1.54, 1.807) is 19.0 Å². The Balaban J connectivity index is 2.11. The van der Waals surface area contributed by atoms with Crippen molar-refractivity contribution in [3.8, 4) is 0 Å². The van der Waals surface area contributed by atoms with Crippen LogP contribution in [0.4, 0.5) is 0 Å². The highest BCUT2D eigenvalue weighted by molar-refractivity contribution is 5.85. The summed E-state index contributed by atoms with van der Waals surface area (Å²) in [5.41, 5.74) is 2.78. The SMILES string of the molecule is CCC(C)NC(=NCC(=O)N(C)C)N1CCC(c2ccccc2C)C1. The lowest BCUT2D eigenvalue weighted by Crippen LogP contribution is -2.44. The number of carbonyl (C=O) groups excluding carboxylic acids is 1. The average molecular weight is 345 g/mol. The molecule has 1 heterocycles. The minimum atomic E-state index is 0.0260. The lowest BCUT2D eigenvalue weighted by atomic mass is 9.94. The number of likely N-dealkylation sites (N-methyl/N-ethyl adjacent to an activating group) is 1. The third-order valence-corrected chi connectivity index (χ3v) is 4.97. The number of hydrogen-bond acceptors (Lipinski definition) is 2. The Morgan fingerprint density at radius 2 is 2.12 bits per heavy atom. The van der Waals surface area contributed by atoms with Crippen molar-refractivity contribution >= 4 is 11.9 Å². The van der Waals surface area contributed by atoms with Gasteiger partial charge in [-0.15, -0.1) is 0 Å². The smallest absolute Gasteiger partial charge is 0.243 e. The van der Waals surface area contributed by atoms with Gasteiger partial charge in [-0.1, -0.05) is 31.2 Å². The van der Waals surface area contributed by atoms with E-state index >= 15 is 0 Å². The quantitative estimate of drug-likeness (QED) is 0.660. The zero-order chi connectivity index (χ0) is 18.4. The van der Waals surface area contributed by atoms with Gasteiger partial charge in [0.05, 0.1) is 0 Å². The molecule has 25 heavy (non-hydrogen) atoms. The highest BCUT2D eigenvalue weighted by Crippen LogP contribution is 2.29. The van der Waals surface area contributed by atoms with E-state index < -0.39 is 0 Å². The number of benzene rings is 1. The number of amides is 1. The maximum atomic E-state index is 11.9. The summed E-state index contributed by atoms with van der Waals surface area (Å²) in [6, 6.07) is 8.96. The van der Waals surface area contributed by atoms with E-state index in [-0.39, 0.29) is 12.5 Å². The molecule has 1 aromatic carbocycles. The van der Waals surface area contributed by atoms with Crippen molar-refractivity contribution < 1.29 is 4.79 Å². The van der Waals surface area contributed by atoms with Crippen LogP contribution in [-0.4, -0.2) is 61.4 Å². The van der Waals surface area contributed by atoms with E-state index in [0.717, 1.165) is 31.9 Å². The van der Waals surface area contributed by atoms with Gasteiger partial charge < -0.3 is 15.1 Å². The van der Waals surface area contributed by atoms with Crippen LogP contribution in [-0.2, 0) is 4.79 Å². The highest BCUT2D eigenvalue weighted by Gasteiger charge is 2.27. The van der Waals surface area contributed by atoms with Gasteiger partial charge in [0.1, 0.15) is 6.54 Å². The molecule has 2 rings (SSSR count). The second kappa shape index (κ2) is 8.88. The van der Waals surface area contributed by atoms with E-state index in [0.29, 0.717) is 12.0 Å². The van der Waals surface area contributed by atoms with E-state index in [1.807, 2.05) is 0 Å². The van der Waals surface area contributed by atoms with Gasteiger partial charge in [-0.25, -0.2) is 4.99 Å². The zero-order valence-electron chi connectivity index (χ0n) is 16.2. The molecule has 1 N–H and O–H groups in total. The maximum Gasteiger partial charge on any atom is 0.243 e. The Labute approximate surface area is 152 Å². The lowest BCUT2D eigenvalue weighted by Gasteiger charge is -2.25. The number of rotatable bonds is 5. The molecule has 1 amide bonds. The van der Waals surface area contributed by atoms with Gasteiger partial charge in [0.15, 0.2) is 5.96 Å². The monoisotopic (exact) mass is 344 g/mol. The summed E-state index contributed by atoms with van der Waals surface area (Å²) in [6.07, 6.45) is 2.14. The fourth-order valence-electron chi connectivity index (χ4n) is 3.09. The van der Waals surface area contributed by atoms with Gasteiger partial charge in [0, 0.05) is 39.1 Å². The van der Waals surface area contributed by atoms with E-state index in [1.165, 1.54) is 11.1 Å². The lowest BCUT2D eigenvalue weighted by molar-refractivity contribution is -0.127. The van der Waals surface area contributed by atoms with Gasteiger partial charge in [0.25, 0.3) is 0 Å². The molecule has 1 fully saturated rings. The molecular formula is C20H32N4O. The van der Waals surface area contributed by atoms with Crippen molar-refractivity contribution in [3.05, 3.63) is 35.4 Å². The van der Waals surface area contributed by atoms with Gasteiger partial charge in [-0.05, 0) is 37.8 Å². The van der Waals surface area contributed by atoms with Crippen molar-refractivity contribution in [2.24, 2.45) is 4.99 Å². The highest BCUT2D eigenvalue weighted by atomic mass is 16.2. The number of carbonyl (C=O) groups is 1. The summed E-state index contributed by atoms with van der Waals surface area (Å²) in [5, 5.41) is 3.49. The van der Waals surface area contributed by atoms with E-state index in [4.69, 9.17) is 0 Å². The van der Waals surface area contributed by atoms with Gasteiger partial charge in [-0.3, -0.25) is 4.79 Å². The molecule has 0 aliphatic carbocycles. The van der Waals surface area contributed by atoms with Gasteiger partial charge in [-0.2, -0.15) is 0 Å². The number of likely N-dealkylation sites (tertiary alicyclic amines) is 1. The van der Waals surface area contributed by atoms with Crippen LogP contribution in [0.5, 0.6) is 0 Å². The van der Waals surface area contributed by atoms with Gasteiger partial charge >= 0.3 is 0 Å². The fraction of sp³-hybridized carbons (Fsp3) is 0.600. The first-order valence-corrected chi connectivity index (χ1v) is 9.24. The minimum absolute atomic E-state index is 0.0260. The number of nitrogens with one attached hydrogen (secondary N) is 1. The Hall–Kier alpha value is -2.04. The third-order valence-electron chi connectivity index (χ3n) is 4.97. The first kappa shape index (κ1) is 19.3. The fourth-order valence-corrected chi connectivity index (χ4v) is 3.09. The number of hydrogen-bond donors (Lipinski definition) is 1. The standard InChI is InChI=1S/C20H32N4O/c1-6-16(3)22-20(21-13-19(25)23(4)5)24-12-11-17(14-24)18-10-8-7-9-15(18)2/h7-10,16-17H,6,11-14H2,1-5H3,(H,21,22). The molecule has 1 saturated heterocycles. The Bertz CT molecular complexity index is 611. The second-order valence-corrected chi connectivity index (χ2v) is 7.17. The molecular weight excluding hydrogens is 312 g/mol. The first-order chi connectivity index (χ1) is 11.9. The van der Waals surface area contributed by atoms with Crippen LogP contribution in [0, 0.1) is 6.92 Å².